The second-order valence-corrected chi connectivity index (χ2v) is 11.8. The van der Waals surface area contributed by atoms with Gasteiger partial charge in [0.05, 0.1) is 0 Å². The highest BCUT2D eigenvalue weighted by atomic mass is 32.2. The lowest BCUT2D eigenvalue weighted by Crippen LogP contribution is -2.26. The predicted octanol–water partition coefficient (Wildman–Crippen LogP) is 5.40. The van der Waals surface area contributed by atoms with Crippen molar-refractivity contribution in [2.45, 2.75) is 65.2 Å². The molecule has 0 saturated heterocycles. The summed E-state index contributed by atoms with van der Waals surface area (Å²) >= 11 is 0. The van der Waals surface area contributed by atoms with Crippen molar-refractivity contribution in [3.05, 3.63) is 69.6 Å². The Hall–Kier alpha value is -2.62. The number of sulfonamides is 1. The molecule has 2 aromatic carbocycles. The van der Waals surface area contributed by atoms with Crippen molar-refractivity contribution in [2.75, 3.05) is 6.54 Å². The molecule has 2 aromatic rings. The van der Waals surface area contributed by atoms with Crippen LogP contribution in [0.25, 0.3) is 6.08 Å². The number of aryl methyl sites for hydroxylation is 1. The molecular formula is C26H34N2O3S. The maximum absolute atomic E-state index is 12.8. The van der Waals surface area contributed by atoms with Crippen LogP contribution >= 0.6 is 0 Å². The Morgan fingerprint density at radius 1 is 1.03 bits per heavy atom. The van der Waals surface area contributed by atoms with Crippen LogP contribution in [0.2, 0.25) is 0 Å². The highest BCUT2D eigenvalue weighted by Crippen LogP contribution is 2.40. The number of nitriles is 1. The van der Waals surface area contributed by atoms with Crippen LogP contribution in [0.4, 0.5) is 0 Å². The van der Waals surface area contributed by atoms with Crippen molar-refractivity contribution in [3.8, 4) is 11.8 Å². The fourth-order valence-corrected chi connectivity index (χ4v) is 4.41. The van der Waals surface area contributed by atoms with Crippen LogP contribution in [0.15, 0.2) is 47.4 Å². The number of nitrogens with zero attached hydrogens (tertiary/aromatic N) is 1. The van der Waals surface area contributed by atoms with Gasteiger partial charge in [-0.2, -0.15) is 5.26 Å². The topological polar surface area (TPSA) is 90.2 Å². The standard InChI is InChI=1S/C26H34N2O3S/c1-25(2,3)22-16-20(17-23(24(22)29)26(4,5)6)15-21(18-27)32(30,31)28-14-10-13-19-11-8-7-9-12-19/h7-9,11-12,15-17,28-29H,10,13-14H2,1-6H3/b21-15-. The summed E-state index contributed by atoms with van der Waals surface area (Å²) in [7, 11) is -3.94. The summed E-state index contributed by atoms with van der Waals surface area (Å²) in [6, 6.07) is 15.2. The molecule has 0 aromatic heterocycles. The van der Waals surface area contributed by atoms with E-state index in [9.17, 15) is 18.8 Å². The second kappa shape index (κ2) is 9.89. The molecule has 0 amide bonds. The van der Waals surface area contributed by atoms with Crippen molar-refractivity contribution < 1.29 is 13.5 Å². The highest BCUT2D eigenvalue weighted by molar-refractivity contribution is 7.93. The first kappa shape index (κ1) is 25.6. The molecule has 5 nitrogen and oxygen atoms in total. The zero-order chi connectivity index (χ0) is 24.2. The predicted molar refractivity (Wildman–Crippen MR) is 131 cm³/mol. The van der Waals surface area contributed by atoms with E-state index >= 15 is 0 Å². The molecule has 172 valence electrons. The lowest BCUT2D eigenvalue weighted by molar-refractivity contribution is 0.423. The lowest BCUT2D eigenvalue weighted by Gasteiger charge is -2.28. The molecule has 2 rings (SSSR count). The second-order valence-electron chi connectivity index (χ2n) is 10.1. The number of rotatable bonds is 7. The summed E-state index contributed by atoms with van der Waals surface area (Å²) in [6.45, 7) is 12.1. The third-order valence-electron chi connectivity index (χ3n) is 5.22. The fourth-order valence-electron chi connectivity index (χ4n) is 3.43. The molecule has 0 bridgehead atoms. The van der Waals surface area contributed by atoms with Crippen molar-refractivity contribution >= 4 is 16.1 Å². The van der Waals surface area contributed by atoms with Gasteiger partial charge in [0.2, 0.25) is 0 Å². The van der Waals surface area contributed by atoms with E-state index in [1.807, 2.05) is 77.9 Å². The average Bonchev–Trinajstić information content (AvgIpc) is 2.69. The molecule has 0 heterocycles. The van der Waals surface area contributed by atoms with E-state index in [-0.39, 0.29) is 28.0 Å². The number of nitrogens with one attached hydrogen (secondary N) is 1. The van der Waals surface area contributed by atoms with Crippen molar-refractivity contribution in [3.63, 3.8) is 0 Å². The number of allylic oxidation sites excluding steroid dienone is 1. The first-order chi connectivity index (χ1) is 14.8. The quantitative estimate of drug-likeness (QED) is 0.433. The largest absolute Gasteiger partial charge is 0.507 e. The SMILES string of the molecule is CC(C)(C)c1cc(/C=C(/C#N)S(=O)(=O)NCCCc2ccccc2)cc(C(C)(C)C)c1O. The minimum absolute atomic E-state index is 0.211. The van der Waals surface area contributed by atoms with Crippen molar-refractivity contribution in [1.29, 1.82) is 5.26 Å². The lowest BCUT2D eigenvalue weighted by atomic mass is 9.78. The van der Waals surface area contributed by atoms with Gasteiger partial charge in [0.1, 0.15) is 11.8 Å². The van der Waals surface area contributed by atoms with Gasteiger partial charge in [-0.3, -0.25) is 0 Å². The summed E-state index contributed by atoms with van der Waals surface area (Å²) < 4.78 is 28.0. The van der Waals surface area contributed by atoms with Gasteiger partial charge in [0.15, 0.2) is 4.91 Å². The zero-order valence-electron chi connectivity index (χ0n) is 19.9. The van der Waals surface area contributed by atoms with Crippen LogP contribution < -0.4 is 4.72 Å². The molecule has 0 saturated carbocycles. The summed E-state index contributed by atoms with van der Waals surface area (Å²) in [5.41, 5.74) is 2.42. The molecule has 0 radical (unpaired) electrons. The molecule has 32 heavy (non-hydrogen) atoms. The molecule has 0 aliphatic heterocycles. The first-order valence-corrected chi connectivity index (χ1v) is 12.3. The number of aromatic hydroxyl groups is 1. The van der Waals surface area contributed by atoms with Gasteiger partial charge in [-0.25, -0.2) is 13.1 Å². The number of phenolic OH excluding ortho intramolecular Hbond substituents is 1. The van der Waals surface area contributed by atoms with E-state index in [4.69, 9.17) is 0 Å². The van der Waals surface area contributed by atoms with Gasteiger partial charge in [0, 0.05) is 17.7 Å². The van der Waals surface area contributed by atoms with Gasteiger partial charge in [-0.05, 0) is 53.0 Å². The summed E-state index contributed by atoms with van der Waals surface area (Å²) in [5.74, 6) is 0.211. The molecule has 6 heteroatoms. The van der Waals surface area contributed by atoms with E-state index in [0.29, 0.717) is 23.1 Å². The van der Waals surface area contributed by atoms with Gasteiger partial charge in [-0.15, -0.1) is 0 Å². The van der Waals surface area contributed by atoms with Crippen molar-refractivity contribution in [1.82, 2.24) is 4.72 Å². The van der Waals surface area contributed by atoms with Crippen LogP contribution in [-0.4, -0.2) is 20.1 Å². The van der Waals surface area contributed by atoms with Crippen LogP contribution in [0, 0.1) is 11.3 Å². The van der Waals surface area contributed by atoms with Crippen LogP contribution in [-0.2, 0) is 27.3 Å². The number of hydrogen-bond acceptors (Lipinski definition) is 4. The van der Waals surface area contributed by atoms with E-state index < -0.39 is 10.0 Å². The Kier molecular flexibility index (Phi) is 7.92. The molecule has 0 fully saturated rings. The third-order valence-corrected chi connectivity index (χ3v) is 6.60. The summed E-state index contributed by atoms with van der Waals surface area (Å²) in [5, 5.41) is 20.4. The maximum atomic E-state index is 12.8. The Labute approximate surface area is 192 Å². The Balaban J connectivity index is 2.32. The highest BCUT2D eigenvalue weighted by Gasteiger charge is 2.27. The van der Waals surface area contributed by atoms with Gasteiger partial charge < -0.3 is 5.11 Å². The Morgan fingerprint density at radius 2 is 1.56 bits per heavy atom. The van der Waals surface area contributed by atoms with Gasteiger partial charge in [-0.1, -0.05) is 71.9 Å². The van der Waals surface area contributed by atoms with Crippen LogP contribution in [0.1, 0.15) is 70.2 Å². The van der Waals surface area contributed by atoms with E-state index in [2.05, 4.69) is 4.72 Å². The smallest absolute Gasteiger partial charge is 0.250 e. The third kappa shape index (κ3) is 6.69. The number of hydrogen-bond donors (Lipinski definition) is 2. The summed E-state index contributed by atoms with van der Waals surface area (Å²) in [4.78, 5) is -0.345. The Bertz CT molecular complexity index is 1080. The molecule has 0 aliphatic carbocycles. The molecule has 0 unspecified atom stereocenters. The first-order valence-electron chi connectivity index (χ1n) is 10.8. The molecular weight excluding hydrogens is 420 g/mol. The van der Waals surface area contributed by atoms with Gasteiger partial charge in [0.25, 0.3) is 10.0 Å². The molecule has 2 N–H and O–H groups in total. The monoisotopic (exact) mass is 454 g/mol. The average molecular weight is 455 g/mol. The van der Waals surface area contributed by atoms with Crippen molar-refractivity contribution in [2.24, 2.45) is 0 Å². The molecule has 0 atom stereocenters. The van der Waals surface area contributed by atoms with E-state index in [1.54, 1.807) is 12.1 Å². The van der Waals surface area contributed by atoms with Crippen LogP contribution in [0.3, 0.4) is 0 Å². The van der Waals surface area contributed by atoms with E-state index in [0.717, 1.165) is 12.0 Å². The zero-order valence-corrected chi connectivity index (χ0v) is 20.7. The maximum Gasteiger partial charge on any atom is 0.250 e. The molecule has 0 aliphatic rings. The van der Waals surface area contributed by atoms with Gasteiger partial charge >= 0.3 is 0 Å². The minimum Gasteiger partial charge on any atom is -0.507 e. The van der Waals surface area contributed by atoms with Crippen LogP contribution in [0.5, 0.6) is 5.75 Å². The Morgan fingerprint density at radius 3 is 2.03 bits per heavy atom. The summed E-state index contributed by atoms with van der Waals surface area (Å²) in [6.07, 6.45) is 2.75. The normalized spacial score (nSPS) is 13.1. The van der Waals surface area contributed by atoms with E-state index in [1.165, 1.54) is 6.08 Å². The number of benzene rings is 2. The molecule has 0 spiro atoms. The minimum atomic E-state index is -3.94. The fraction of sp³-hybridized carbons (Fsp3) is 0.423. The number of phenols is 1.